The zero-order valence-electron chi connectivity index (χ0n) is 10.2. The van der Waals surface area contributed by atoms with Gasteiger partial charge in [0.25, 0.3) is 0 Å². The van der Waals surface area contributed by atoms with Crippen molar-refractivity contribution < 1.29 is 4.74 Å². The Bertz CT molecular complexity index is 361. The van der Waals surface area contributed by atoms with Crippen molar-refractivity contribution in [3.63, 3.8) is 0 Å². The fourth-order valence-electron chi connectivity index (χ4n) is 2.02. The highest BCUT2D eigenvalue weighted by Gasteiger charge is 2.13. The summed E-state index contributed by atoms with van der Waals surface area (Å²) >= 11 is 11.8. The molecule has 1 aliphatic rings. The Morgan fingerprint density at radius 2 is 1.94 bits per heavy atom. The Kier molecular flexibility index (Phi) is 5.57. The summed E-state index contributed by atoms with van der Waals surface area (Å²) < 4.78 is 5.53. The number of benzene rings is 1. The van der Waals surface area contributed by atoms with Crippen molar-refractivity contribution in [1.82, 2.24) is 5.32 Å². The molecule has 1 aliphatic heterocycles. The van der Waals surface area contributed by atoms with E-state index in [1.807, 2.05) is 12.1 Å². The summed E-state index contributed by atoms with van der Waals surface area (Å²) in [5.74, 6) is 0. The van der Waals surface area contributed by atoms with E-state index in [9.17, 15) is 0 Å². The zero-order chi connectivity index (χ0) is 12.8. The van der Waals surface area contributed by atoms with Gasteiger partial charge in [0.05, 0.1) is 6.10 Å². The molecule has 100 valence electrons. The predicted octanol–water partition coefficient (Wildman–Crippen LogP) is 3.17. The molecular weight excluding hydrogens is 271 g/mol. The second-order valence-electron chi connectivity index (χ2n) is 4.42. The van der Waals surface area contributed by atoms with E-state index in [1.54, 1.807) is 6.07 Å². The summed E-state index contributed by atoms with van der Waals surface area (Å²) in [5.41, 5.74) is 0.950. The largest absolute Gasteiger partial charge is 0.384 e. The van der Waals surface area contributed by atoms with E-state index in [2.05, 4.69) is 10.6 Å². The first-order valence-corrected chi connectivity index (χ1v) is 7.02. The molecule has 1 fully saturated rings. The first-order chi connectivity index (χ1) is 8.74. The van der Waals surface area contributed by atoms with E-state index in [0.29, 0.717) is 16.1 Å². The van der Waals surface area contributed by atoms with Crippen molar-refractivity contribution in [2.45, 2.75) is 18.9 Å². The molecule has 1 aromatic carbocycles. The van der Waals surface area contributed by atoms with Crippen LogP contribution in [0.25, 0.3) is 0 Å². The average molecular weight is 289 g/mol. The third-order valence-electron chi connectivity index (χ3n) is 2.89. The van der Waals surface area contributed by atoms with Gasteiger partial charge in [-0.05, 0) is 31.0 Å². The number of anilines is 1. The van der Waals surface area contributed by atoms with Crippen molar-refractivity contribution in [3.05, 3.63) is 28.2 Å². The summed E-state index contributed by atoms with van der Waals surface area (Å²) in [5, 5.41) is 7.95. The summed E-state index contributed by atoms with van der Waals surface area (Å²) in [4.78, 5) is 0. The fraction of sp³-hybridized carbons (Fsp3) is 0.538. The average Bonchev–Trinajstić information content (AvgIpc) is 2.80. The second-order valence-corrected chi connectivity index (χ2v) is 5.30. The smallest absolute Gasteiger partial charge is 0.0700 e. The minimum absolute atomic E-state index is 0.394. The molecule has 18 heavy (non-hydrogen) atoms. The molecule has 0 aromatic heterocycles. The quantitative estimate of drug-likeness (QED) is 0.789. The van der Waals surface area contributed by atoms with E-state index in [-0.39, 0.29) is 0 Å². The Balaban J connectivity index is 1.62. The molecule has 0 spiro atoms. The molecule has 1 heterocycles. The maximum Gasteiger partial charge on any atom is 0.0700 e. The van der Waals surface area contributed by atoms with Gasteiger partial charge in [-0.3, -0.25) is 0 Å². The highest BCUT2D eigenvalue weighted by atomic mass is 35.5. The lowest BCUT2D eigenvalue weighted by Gasteiger charge is -2.12. The van der Waals surface area contributed by atoms with Crippen LogP contribution in [0.4, 0.5) is 5.69 Å². The number of hydrogen-bond acceptors (Lipinski definition) is 3. The Morgan fingerprint density at radius 3 is 2.61 bits per heavy atom. The third-order valence-corrected chi connectivity index (χ3v) is 3.33. The van der Waals surface area contributed by atoms with Gasteiger partial charge in [-0.2, -0.15) is 0 Å². The number of rotatable bonds is 6. The highest BCUT2D eigenvalue weighted by molar-refractivity contribution is 6.35. The standard InChI is InChI=1S/C13H18Cl2N2O/c14-10-6-11(15)8-12(7-10)17-4-3-16-9-13-2-1-5-18-13/h6-8,13,16-17H,1-5,9H2. The van der Waals surface area contributed by atoms with Crippen molar-refractivity contribution in [2.24, 2.45) is 0 Å². The van der Waals surface area contributed by atoms with Crippen LogP contribution < -0.4 is 10.6 Å². The van der Waals surface area contributed by atoms with Gasteiger partial charge in [-0.25, -0.2) is 0 Å². The number of nitrogens with one attached hydrogen (secondary N) is 2. The molecular formula is C13H18Cl2N2O. The van der Waals surface area contributed by atoms with Crippen LogP contribution in [0.2, 0.25) is 10.0 Å². The molecule has 2 rings (SSSR count). The molecule has 0 radical (unpaired) electrons. The van der Waals surface area contributed by atoms with Crippen molar-refractivity contribution in [1.29, 1.82) is 0 Å². The zero-order valence-corrected chi connectivity index (χ0v) is 11.7. The number of ether oxygens (including phenoxy) is 1. The van der Waals surface area contributed by atoms with E-state index >= 15 is 0 Å². The van der Waals surface area contributed by atoms with E-state index < -0.39 is 0 Å². The lowest BCUT2D eigenvalue weighted by molar-refractivity contribution is 0.110. The van der Waals surface area contributed by atoms with Crippen LogP contribution in [0.5, 0.6) is 0 Å². The molecule has 0 saturated carbocycles. The lowest BCUT2D eigenvalue weighted by atomic mass is 10.2. The van der Waals surface area contributed by atoms with Crippen LogP contribution in [0.3, 0.4) is 0 Å². The maximum atomic E-state index is 5.92. The first-order valence-electron chi connectivity index (χ1n) is 6.26. The molecule has 3 nitrogen and oxygen atoms in total. The minimum Gasteiger partial charge on any atom is -0.384 e. The van der Waals surface area contributed by atoms with Gasteiger partial charge >= 0.3 is 0 Å². The molecule has 1 saturated heterocycles. The van der Waals surface area contributed by atoms with Crippen molar-refractivity contribution in [3.8, 4) is 0 Å². The van der Waals surface area contributed by atoms with Crippen LogP contribution in [0, 0.1) is 0 Å². The van der Waals surface area contributed by atoms with Crippen LogP contribution in [-0.2, 0) is 4.74 Å². The van der Waals surface area contributed by atoms with Crippen LogP contribution in [-0.4, -0.2) is 32.3 Å². The molecule has 0 aliphatic carbocycles. The van der Waals surface area contributed by atoms with Gasteiger partial charge in [-0.15, -0.1) is 0 Å². The summed E-state index contributed by atoms with van der Waals surface area (Å²) in [6.07, 6.45) is 2.75. The van der Waals surface area contributed by atoms with E-state index in [0.717, 1.165) is 31.9 Å². The summed E-state index contributed by atoms with van der Waals surface area (Å²) in [6, 6.07) is 5.46. The molecule has 5 heteroatoms. The Hall–Kier alpha value is -0.480. The Labute approximate surface area is 118 Å². The van der Waals surface area contributed by atoms with Gasteiger partial charge < -0.3 is 15.4 Å². The van der Waals surface area contributed by atoms with Crippen molar-refractivity contribution >= 4 is 28.9 Å². The topological polar surface area (TPSA) is 33.3 Å². The van der Waals surface area contributed by atoms with E-state index in [1.165, 1.54) is 12.8 Å². The summed E-state index contributed by atoms with van der Waals surface area (Å²) in [7, 11) is 0. The lowest BCUT2D eigenvalue weighted by Crippen LogP contribution is -2.30. The first kappa shape index (κ1) is 13.9. The van der Waals surface area contributed by atoms with E-state index in [4.69, 9.17) is 27.9 Å². The van der Waals surface area contributed by atoms with Crippen LogP contribution >= 0.6 is 23.2 Å². The van der Waals surface area contributed by atoms with Gasteiger partial charge in [0.2, 0.25) is 0 Å². The monoisotopic (exact) mass is 288 g/mol. The molecule has 2 N–H and O–H groups in total. The molecule has 1 aromatic rings. The predicted molar refractivity (Wildman–Crippen MR) is 76.8 cm³/mol. The van der Waals surface area contributed by atoms with Crippen molar-refractivity contribution in [2.75, 3.05) is 31.6 Å². The van der Waals surface area contributed by atoms with Crippen LogP contribution in [0.1, 0.15) is 12.8 Å². The highest BCUT2D eigenvalue weighted by Crippen LogP contribution is 2.22. The molecule has 0 amide bonds. The van der Waals surface area contributed by atoms with Gasteiger partial charge in [0.15, 0.2) is 0 Å². The SMILES string of the molecule is Clc1cc(Cl)cc(NCCNCC2CCCO2)c1. The minimum atomic E-state index is 0.394. The third kappa shape index (κ3) is 4.65. The maximum absolute atomic E-state index is 5.92. The number of hydrogen-bond donors (Lipinski definition) is 2. The van der Waals surface area contributed by atoms with Crippen LogP contribution in [0.15, 0.2) is 18.2 Å². The summed E-state index contributed by atoms with van der Waals surface area (Å²) in [6.45, 7) is 3.57. The van der Waals surface area contributed by atoms with Gasteiger partial charge in [0, 0.05) is 42.0 Å². The van der Waals surface area contributed by atoms with Gasteiger partial charge in [0.1, 0.15) is 0 Å². The van der Waals surface area contributed by atoms with Gasteiger partial charge in [-0.1, -0.05) is 23.2 Å². The fourth-order valence-corrected chi connectivity index (χ4v) is 2.55. The normalized spacial score (nSPS) is 19.1. The molecule has 1 atom stereocenters. The Morgan fingerprint density at radius 1 is 1.17 bits per heavy atom. The molecule has 1 unspecified atom stereocenters. The number of halogens is 2. The second kappa shape index (κ2) is 7.19. The molecule has 0 bridgehead atoms.